The van der Waals surface area contributed by atoms with E-state index < -0.39 is 0 Å². The van der Waals surface area contributed by atoms with Crippen molar-refractivity contribution in [1.29, 1.82) is 0 Å². The van der Waals surface area contributed by atoms with Crippen molar-refractivity contribution in [3.05, 3.63) is 24.5 Å². The topological polar surface area (TPSA) is 57.3 Å². The molecule has 5 nitrogen and oxygen atoms in total. The molecule has 0 atom stereocenters. The molecule has 1 saturated heterocycles. The molecule has 0 bridgehead atoms. The number of rotatable bonds is 8. The summed E-state index contributed by atoms with van der Waals surface area (Å²) >= 11 is 0. The first kappa shape index (κ1) is 17.7. The molecule has 128 valence electrons. The third-order valence-electron chi connectivity index (χ3n) is 4.27. The van der Waals surface area contributed by atoms with Crippen LogP contribution < -0.4 is 10.6 Å². The summed E-state index contributed by atoms with van der Waals surface area (Å²) in [6.45, 7) is 4.79. The number of hydrogen-bond donors (Lipinski definition) is 2. The second-order valence-electron chi connectivity index (χ2n) is 6.23. The fourth-order valence-corrected chi connectivity index (χ4v) is 2.90. The smallest absolute Gasteiger partial charge is 0.221 e. The van der Waals surface area contributed by atoms with E-state index in [9.17, 15) is 4.79 Å². The van der Waals surface area contributed by atoms with E-state index in [-0.39, 0.29) is 5.91 Å². The number of aromatic nitrogens is 1. The van der Waals surface area contributed by atoms with Gasteiger partial charge in [-0.2, -0.15) is 0 Å². The predicted molar refractivity (Wildman–Crippen MR) is 94.5 cm³/mol. The highest BCUT2D eigenvalue weighted by atomic mass is 16.1. The van der Waals surface area contributed by atoms with Crippen LogP contribution in [0.25, 0.3) is 0 Å². The minimum atomic E-state index is 0.174. The quantitative estimate of drug-likeness (QED) is 0.724. The van der Waals surface area contributed by atoms with Gasteiger partial charge in [0, 0.05) is 38.4 Å². The van der Waals surface area contributed by atoms with Gasteiger partial charge >= 0.3 is 0 Å². The van der Waals surface area contributed by atoms with E-state index >= 15 is 0 Å². The van der Waals surface area contributed by atoms with E-state index in [0.29, 0.717) is 6.42 Å². The molecule has 1 aliphatic rings. The maximum atomic E-state index is 11.9. The number of pyridine rings is 1. The molecule has 5 heteroatoms. The summed E-state index contributed by atoms with van der Waals surface area (Å²) in [5.74, 6) is 0.174. The van der Waals surface area contributed by atoms with E-state index in [0.717, 1.165) is 44.8 Å². The zero-order valence-corrected chi connectivity index (χ0v) is 14.1. The lowest BCUT2D eigenvalue weighted by Crippen LogP contribution is -2.33. The van der Waals surface area contributed by atoms with Crippen molar-refractivity contribution in [2.45, 2.75) is 44.9 Å². The second-order valence-corrected chi connectivity index (χ2v) is 6.23. The minimum Gasteiger partial charge on any atom is -0.384 e. The number of nitrogens with one attached hydrogen (secondary N) is 2. The van der Waals surface area contributed by atoms with Crippen LogP contribution in [0, 0.1) is 0 Å². The summed E-state index contributed by atoms with van der Waals surface area (Å²) in [6, 6.07) is 3.91. The Morgan fingerprint density at radius 2 is 1.91 bits per heavy atom. The summed E-state index contributed by atoms with van der Waals surface area (Å²) in [4.78, 5) is 18.4. The Labute approximate surface area is 139 Å². The van der Waals surface area contributed by atoms with Crippen LogP contribution in [-0.4, -0.2) is 48.5 Å². The summed E-state index contributed by atoms with van der Waals surface area (Å²) in [5, 5.41) is 6.31. The highest BCUT2D eigenvalue weighted by molar-refractivity contribution is 5.76. The lowest BCUT2D eigenvalue weighted by atomic mass is 10.1. The fraction of sp³-hybridized carbons (Fsp3) is 0.667. The van der Waals surface area contributed by atoms with E-state index in [1.165, 1.54) is 32.1 Å². The standard InChI is InChI=1S/C18H30N4O/c23-18(9-15-22-13-4-2-1-3-5-14-22)21-12-7-11-20-17-8-6-10-19-16-17/h6,8,10,16,20H,1-5,7,9,11-15H2,(H,21,23). The van der Waals surface area contributed by atoms with Crippen LogP contribution in [0.3, 0.4) is 0 Å². The molecule has 1 aromatic rings. The third kappa shape index (κ3) is 7.98. The van der Waals surface area contributed by atoms with Gasteiger partial charge in [-0.25, -0.2) is 0 Å². The molecule has 2 rings (SSSR count). The van der Waals surface area contributed by atoms with Crippen LogP contribution in [0.4, 0.5) is 5.69 Å². The molecule has 0 unspecified atom stereocenters. The van der Waals surface area contributed by atoms with E-state index in [1.54, 1.807) is 6.20 Å². The van der Waals surface area contributed by atoms with Gasteiger partial charge in [0.15, 0.2) is 0 Å². The maximum Gasteiger partial charge on any atom is 0.221 e. The number of carbonyl (C=O) groups is 1. The SMILES string of the molecule is O=C(CCN1CCCCCCC1)NCCCNc1cccnc1. The van der Waals surface area contributed by atoms with Crippen LogP contribution in [0.2, 0.25) is 0 Å². The Balaban J connectivity index is 1.49. The fourth-order valence-electron chi connectivity index (χ4n) is 2.90. The van der Waals surface area contributed by atoms with Crippen molar-refractivity contribution in [2.75, 3.05) is 38.0 Å². The Morgan fingerprint density at radius 3 is 2.65 bits per heavy atom. The lowest BCUT2D eigenvalue weighted by molar-refractivity contribution is -0.121. The van der Waals surface area contributed by atoms with Gasteiger partial charge in [-0.05, 0) is 44.5 Å². The predicted octanol–water partition coefficient (Wildman–Crippen LogP) is 2.66. The highest BCUT2D eigenvalue weighted by Crippen LogP contribution is 2.10. The molecule has 0 saturated carbocycles. The molecule has 1 fully saturated rings. The normalized spacial score (nSPS) is 16.3. The molecule has 1 amide bonds. The second kappa shape index (κ2) is 11.0. The van der Waals surface area contributed by atoms with Gasteiger partial charge in [0.25, 0.3) is 0 Å². The first-order valence-electron chi connectivity index (χ1n) is 8.97. The third-order valence-corrected chi connectivity index (χ3v) is 4.27. The average molecular weight is 318 g/mol. The Hall–Kier alpha value is -1.62. The number of nitrogens with zero attached hydrogens (tertiary/aromatic N) is 2. The summed E-state index contributed by atoms with van der Waals surface area (Å²) in [6.07, 6.45) is 11.7. The summed E-state index contributed by atoms with van der Waals surface area (Å²) in [5.41, 5.74) is 1.02. The number of hydrogen-bond acceptors (Lipinski definition) is 4. The Morgan fingerprint density at radius 1 is 1.13 bits per heavy atom. The van der Waals surface area contributed by atoms with Crippen molar-refractivity contribution >= 4 is 11.6 Å². The molecule has 2 heterocycles. The van der Waals surface area contributed by atoms with Crippen molar-refractivity contribution < 1.29 is 4.79 Å². The van der Waals surface area contributed by atoms with Crippen molar-refractivity contribution in [3.63, 3.8) is 0 Å². The van der Waals surface area contributed by atoms with E-state index in [4.69, 9.17) is 0 Å². The van der Waals surface area contributed by atoms with Crippen molar-refractivity contribution in [2.24, 2.45) is 0 Å². The molecule has 1 aliphatic heterocycles. The maximum absolute atomic E-state index is 11.9. The lowest BCUT2D eigenvalue weighted by Gasteiger charge is -2.24. The monoisotopic (exact) mass is 318 g/mol. The Bertz CT molecular complexity index is 430. The van der Waals surface area contributed by atoms with E-state index in [2.05, 4.69) is 20.5 Å². The first-order valence-corrected chi connectivity index (χ1v) is 8.97. The molecule has 0 aromatic carbocycles. The van der Waals surface area contributed by atoms with Gasteiger partial charge in [-0.15, -0.1) is 0 Å². The first-order chi connectivity index (χ1) is 11.3. The zero-order chi connectivity index (χ0) is 16.2. The number of carbonyl (C=O) groups excluding carboxylic acids is 1. The number of anilines is 1. The molecule has 0 spiro atoms. The number of amides is 1. The molecule has 23 heavy (non-hydrogen) atoms. The highest BCUT2D eigenvalue weighted by Gasteiger charge is 2.09. The molecule has 0 aliphatic carbocycles. The average Bonchev–Trinajstić information content (AvgIpc) is 2.54. The molecular weight excluding hydrogens is 288 g/mol. The van der Waals surface area contributed by atoms with Gasteiger partial charge in [-0.3, -0.25) is 9.78 Å². The van der Waals surface area contributed by atoms with Crippen molar-refractivity contribution in [3.8, 4) is 0 Å². The van der Waals surface area contributed by atoms with Crippen LogP contribution >= 0.6 is 0 Å². The summed E-state index contributed by atoms with van der Waals surface area (Å²) < 4.78 is 0. The largest absolute Gasteiger partial charge is 0.384 e. The van der Waals surface area contributed by atoms with Gasteiger partial charge in [0.05, 0.1) is 5.69 Å². The van der Waals surface area contributed by atoms with Gasteiger partial charge < -0.3 is 15.5 Å². The van der Waals surface area contributed by atoms with Crippen LogP contribution in [0.15, 0.2) is 24.5 Å². The zero-order valence-electron chi connectivity index (χ0n) is 14.1. The molecule has 2 N–H and O–H groups in total. The molecular formula is C18H30N4O. The number of likely N-dealkylation sites (tertiary alicyclic amines) is 1. The molecule has 0 radical (unpaired) electrons. The Kier molecular flexibility index (Phi) is 8.48. The minimum absolute atomic E-state index is 0.174. The van der Waals surface area contributed by atoms with Gasteiger partial charge in [0.2, 0.25) is 5.91 Å². The van der Waals surface area contributed by atoms with Crippen LogP contribution in [-0.2, 0) is 4.79 Å². The van der Waals surface area contributed by atoms with E-state index in [1.807, 2.05) is 18.3 Å². The molecule has 1 aromatic heterocycles. The van der Waals surface area contributed by atoms with Crippen LogP contribution in [0.5, 0.6) is 0 Å². The summed E-state index contributed by atoms with van der Waals surface area (Å²) in [7, 11) is 0. The van der Waals surface area contributed by atoms with Gasteiger partial charge in [-0.1, -0.05) is 19.3 Å². The van der Waals surface area contributed by atoms with Crippen LogP contribution in [0.1, 0.15) is 44.9 Å². The van der Waals surface area contributed by atoms with Crippen molar-refractivity contribution in [1.82, 2.24) is 15.2 Å². The van der Waals surface area contributed by atoms with Gasteiger partial charge in [0.1, 0.15) is 0 Å².